The molecule has 3 rings (SSSR count). The monoisotopic (exact) mass is 562 g/mol. The largest absolute Gasteiger partial charge is 0.480 e. The van der Waals surface area contributed by atoms with Gasteiger partial charge in [0, 0.05) is 24.7 Å². The molecule has 0 aliphatic heterocycles. The highest BCUT2D eigenvalue weighted by molar-refractivity contribution is 5.94. The van der Waals surface area contributed by atoms with Crippen molar-refractivity contribution in [2.24, 2.45) is 11.7 Å². The van der Waals surface area contributed by atoms with Crippen molar-refractivity contribution < 1.29 is 24.3 Å². The first-order chi connectivity index (χ1) is 19.7. The number of H-pyrrole nitrogens is 1. The average molecular weight is 563 g/mol. The number of carbonyl (C=O) groups excluding carboxylic acids is 3. The summed E-state index contributed by atoms with van der Waals surface area (Å²) in [6.45, 7) is 3.70. The van der Waals surface area contributed by atoms with E-state index >= 15 is 0 Å². The first-order valence-corrected chi connectivity index (χ1v) is 13.6. The molecule has 5 unspecified atom stereocenters. The summed E-state index contributed by atoms with van der Waals surface area (Å²) in [4.78, 5) is 58.7. The highest BCUT2D eigenvalue weighted by Crippen LogP contribution is 2.11. The maximum Gasteiger partial charge on any atom is 0.326 e. The van der Waals surface area contributed by atoms with Gasteiger partial charge in [-0.25, -0.2) is 9.78 Å². The van der Waals surface area contributed by atoms with Gasteiger partial charge in [0.05, 0.1) is 12.4 Å². The molecule has 41 heavy (non-hydrogen) atoms. The molecule has 11 heteroatoms. The standard InChI is InChI=1S/C30H38N6O5/c1-3-19(2)26(36-27(37)23(31)14-20-10-6-4-7-11-20)29(39)34-24(16-22-17-32-18-33-22)28(38)35-25(30(40)41)15-21-12-8-5-9-13-21/h4-13,17-19,23-26H,3,14-16,31H2,1-2H3,(H,32,33)(H,34,39)(H,35,38)(H,36,37)(H,40,41). The molecule has 0 radical (unpaired) electrons. The Morgan fingerprint density at radius 3 is 1.95 bits per heavy atom. The Labute approximate surface area is 239 Å². The van der Waals surface area contributed by atoms with Crippen LogP contribution >= 0.6 is 0 Å². The number of carbonyl (C=O) groups is 4. The second-order valence-corrected chi connectivity index (χ2v) is 10.1. The van der Waals surface area contributed by atoms with Crippen LogP contribution in [0.3, 0.4) is 0 Å². The Balaban J connectivity index is 1.74. The first kappa shape index (κ1) is 31.0. The molecule has 218 valence electrons. The maximum absolute atomic E-state index is 13.5. The van der Waals surface area contributed by atoms with Crippen LogP contribution < -0.4 is 21.7 Å². The van der Waals surface area contributed by atoms with Crippen molar-refractivity contribution >= 4 is 23.7 Å². The van der Waals surface area contributed by atoms with Gasteiger partial charge in [-0.05, 0) is 23.5 Å². The van der Waals surface area contributed by atoms with E-state index in [1.807, 2.05) is 50.2 Å². The third-order valence-electron chi connectivity index (χ3n) is 6.94. The minimum Gasteiger partial charge on any atom is -0.480 e. The molecule has 1 aromatic heterocycles. The highest BCUT2D eigenvalue weighted by atomic mass is 16.4. The lowest BCUT2D eigenvalue weighted by molar-refractivity contribution is -0.142. The Morgan fingerprint density at radius 2 is 1.41 bits per heavy atom. The predicted molar refractivity (Wildman–Crippen MR) is 153 cm³/mol. The van der Waals surface area contributed by atoms with Gasteiger partial charge in [-0.1, -0.05) is 80.9 Å². The Morgan fingerprint density at radius 1 is 0.829 bits per heavy atom. The van der Waals surface area contributed by atoms with E-state index < -0.39 is 47.9 Å². The molecule has 11 nitrogen and oxygen atoms in total. The summed E-state index contributed by atoms with van der Waals surface area (Å²) in [6.07, 6.45) is 3.92. The van der Waals surface area contributed by atoms with Gasteiger partial charge < -0.3 is 31.8 Å². The van der Waals surface area contributed by atoms with Gasteiger partial charge >= 0.3 is 5.97 Å². The quantitative estimate of drug-likeness (QED) is 0.162. The molecule has 3 aromatic rings. The number of aromatic nitrogens is 2. The molecule has 5 atom stereocenters. The number of aliphatic carboxylic acids is 1. The lowest BCUT2D eigenvalue weighted by atomic mass is 9.96. The third kappa shape index (κ3) is 9.57. The summed E-state index contributed by atoms with van der Waals surface area (Å²) in [7, 11) is 0. The second kappa shape index (κ2) is 15.3. The van der Waals surface area contributed by atoms with Crippen molar-refractivity contribution in [3.63, 3.8) is 0 Å². The topological polar surface area (TPSA) is 179 Å². The summed E-state index contributed by atoms with van der Waals surface area (Å²) in [5.74, 6) is -3.22. The van der Waals surface area contributed by atoms with Crippen LogP contribution in [0, 0.1) is 5.92 Å². The van der Waals surface area contributed by atoms with Gasteiger partial charge in [0.1, 0.15) is 18.1 Å². The molecule has 1 heterocycles. The fourth-order valence-corrected chi connectivity index (χ4v) is 4.33. The Bertz CT molecular complexity index is 1270. The zero-order chi connectivity index (χ0) is 29.8. The van der Waals surface area contributed by atoms with Crippen molar-refractivity contribution in [1.82, 2.24) is 25.9 Å². The van der Waals surface area contributed by atoms with Gasteiger partial charge in [0.15, 0.2) is 0 Å². The van der Waals surface area contributed by atoms with Crippen LogP contribution in [0.25, 0.3) is 0 Å². The van der Waals surface area contributed by atoms with E-state index in [2.05, 4.69) is 25.9 Å². The van der Waals surface area contributed by atoms with Gasteiger partial charge in [0.25, 0.3) is 0 Å². The number of amides is 3. The van der Waals surface area contributed by atoms with Gasteiger partial charge in [-0.3, -0.25) is 14.4 Å². The lowest BCUT2D eigenvalue weighted by Crippen LogP contribution is -2.59. The lowest BCUT2D eigenvalue weighted by Gasteiger charge is -2.28. The molecule has 0 bridgehead atoms. The van der Waals surface area contributed by atoms with Gasteiger partial charge in [0.2, 0.25) is 17.7 Å². The fraction of sp³-hybridized carbons (Fsp3) is 0.367. The van der Waals surface area contributed by atoms with E-state index in [-0.39, 0.29) is 18.8 Å². The van der Waals surface area contributed by atoms with E-state index in [0.29, 0.717) is 18.5 Å². The number of benzene rings is 2. The zero-order valence-corrected chi connectivity index (χ0v) is 23.2. The third-order valence-corrected chi connectivity index (χ3v) is 6.94. The van der Waals surface area contributed by atoms with Crippen molar-refractivity contribution in [3.05, 3.63) is 90.0 Å². The highest BCUT2D eigenvalue weighted by Gasteiger charge is 2.33. The average Bonchev–Trinajstić information content (AvgIpc) is 3.48. The van der Waals surface area contributed by atoms with Crippen LogP contribution in [-0.2, 0) is 38.4 Å². The van der Waals surface area contributed by atoms with Crippen LogP contribution in [0.2, 0.25) is 0 Å². The van der Waals surface area contributed by atoms with Gasteiger partial charge in [-0.15, -0.1) is 0 Å². The Kier molecular flexibility index (Phi) is 11.6. The maximum atomic E-state index is 13.5. The summed E-state index contributed by atoms with van der Waals surface area (Å²) in [5, 5.41) is 17.8. The molecule has 0 aliphatic rings. The number of carboxylic acid groups (broad SMARTS) is 1. The van der Waals surface area contributed by atoms with Crippen LogP contribution in [0.4, 0.5) is 0 Å². The predicted octanol–water partition coefficient (Wildman–Crippen LogP) is 1.35. The van der Waals surface area contributed by atoms with Crippen molar-refractivity contribution in [2.45, 2.75) is 63.7 Å². The normalized spacial score (nSPS) is 14.6. The SMILES string of the molecule is CCC(C)C(NC(=O)C(N)Cc1ccccc1)C(=O)NC(Cc1cnc[nH]1)C(=O)NC(Cc1ccccc1)C(=O)O. The van der Waals surface area contributed by atoms with Crippen LogP contribution in [-0.4, -0.2) is 62.9 Å². The van der Waals surface area contributed by atoms with E-state index in [1.54, 1.807) is 24.3 Å². The molecule has 0 saturated heterocycles. The molecule has 2 aromatic carbocycles. The number of carboxylic acids is 1. The molecule has 7 N–H and O–H groups in total. The zero-order valence-electron chi connectivity index (χ0n) is 23.2. The number of nitrogens with zero attached hydrogens (tertiary/aromatic N) is 1. The number of hydrogen-bond acceptors (Lipinski definition) is 6. The van der Waals surface area contributed by atoms with E-state index in [0.717, 1.165) is 11.1 Å². The van der Waals surface area contributed by atoms with Crippen molar-refractivity contribution in [3.8, 4) is 0 Å². The fourth-order valence-electron chi connectivity index (χ4n) is 4.33. The number of rotatable bonds is 15. The summed E-state index contributed by atoms with van der Waals surface area (Å²) >= 11 is 0. The smallest absolute Gasteiger partial charge is 0.326 e. The molecule has 0 spiro atoms. The summed E-state index contributed by atoms with van der Waals surface area (Å²) < 4.78 is 0. The van der Waals surface area contributed by atoms with Gasteiger partial charge in [-0.2, -0.15) is 0 Å². The van der Waals surface area contributed by atoms with E-state index in [9.17, 15) is 24.3 Å². The van der Waals surface area contributed by atoms with Crippen LogP contribution in [0.5, 0.6) is 0 Å². The Hall–Kier alpha value is -4.51. The van der Waals surface area contributed by atoms with Crippen LogP contribution in [0.1, 0.15) is 37.1 Å². The van der Waals surface area contributed by atoms with E-state index in [4.69, 9.17) is 5.73 Å². The number of imidazole rings is 1. The molecule has 3 amide bonds. The van der Waals surface area contributed by atoms with Crippen molar-refractivity contribution in [2.75, 3.05) is 0 Å². The summed E-state index contributed by atoms with van der Waals surface area (Å²) in [6, 6.07) is 14.0. The molecule has 0 fully saturated rings. The number of hydrogen-bond donors (Lipinski definition) is 6. The molecule has 0 aliphatic carbocycles. The number of nitrogens with two attached hydrogens (primary N) is 1. The minimum atomic E-state index is -1.22. The van der Waals surface area contributed by atoms with E-state index in [1.165, 1.54) is 12.5 Å². The molecular formula is C30H38N6O5. The molecular weight excluding hydrogens is 524 g/mol. The number of aromatic amines is 1. The number of nitrogens with one attached hydrogen (secondary N) is 4. The minimum absolute atomic E-state index is 0.0317. The summed E-state index contributed by atoms with van der Waals surface area (Å²) in [5.41, 5.74) is 8.34. The first-order valence-electron chi connectivity index (χ1n) is 13.6. The van der Waals surface area contributed by atoms with Crippen molar-refractivity contribution in [1.29, 1.82) is 0 Å². The molecule has 0 saturated carbocycles. The second-order valence-electron chi connectivity index (χ2n) is 10.1. The van der Waals surface area contributed by atoms with Crippen LogP contribution in [0.15, 0.2) is 73.2 Å².